The molecule has 0 heterocycles. The van der Waals surface area contributed by atoms with Crippen molar-refractivity contribution >= 4 is 0 Å². The molecule has 84 valence electrons. The van der Waals surface area contributed by atoms with Crippen molar-refractivity contribution in [1.82, 2.24) is 0 Å². The highest BCUT2D eigenvalue weighted by Gasteiger charge is 2.09. The summed E-state index contributed by atoms with van der Waals surface area (Å²) in [7, 11) is 0. The molecule has 0 aliphatic heterocycles. The fraction of sp³-hybridized carbons (Fsp3) is 0.500. The van der Waals surface area contributed by atoms with E-state index in [-0.39, 0.29) is 6.04 Å². The summed E-state index contributed by atoms with van der Waals surface area (Å²) in [5.41, 5.74) is 6.38. The molecule has 1 nitrogen and oxygen atoms in total. The van der Waals surface area contributed by atoms with Crippen LogP contribution in [0.25, 0.3) is 0 Å². The summed E-state index contributed by atoms with van der Waals surface area (Å²) in [6, 6.07) is 3.18. The monoisotopic (exact) mass is 213 g/mol. The first-order chi connectivity index (χ1) is 6.99. The Labute approximate surface area is 89.3 Å². The summed E-state index contributed by atoms with van der Waals surface area (Å²) in [4.78, 5) is 0. The highest BCUT2D eigenvalue weighted by atomic mass is 19.1. The van der Waals surface area contributed by atoms with Crippen molar-refractivity contribution in [3.8, 4) is 0 Å². The SMILES string of the molecule is CC(C)CC[C@@H](N)c1cc(F)cc(F)c1. The van der Waals surface area contributed by atoms with E-state index in [2.05, 4.69) is 13.8 Å². The maximum Gasteiger partial charge on any atom is 0.126 e. The number of hydrogen-bond donors (Lipinski definition) is 1. The fourth-order valence-corrected chi connectivity index (χ4v) is 1.47. The number of halogens is 2. The third kappa shape index (κ3) is 3.96. The Kier molecular flexibility index (Phi) is 4.21. The van der Waals surface area contributed by atoms with Gasteiger partial charge in [0.05, 0.1) is 0 Å². The predicted octanol–water partition coefficient (Wildman–Crippen LogP) is 3.40. The van der Waals surface area contributed by atoms with Crippen LogP contribution in [-0.2, 0) is 0 Å². The molecule has 15 heavy (non-hydrogen) atoms. The number of hydrogen-bond acceptors (Lipinski definition) is 1. The van der Waals surface area contributed by atoms with Gasteiger partial charge in [0.2, 0.25) is 0 Å². The minimum atomic E-state index is -0.565. The molecule has 0 aromatic heterocycles. The lowest BCUT2D eigenvalue weighted by molar-refractivity contribution is 0.501. The highest BCUT2D eigenvalue weighted by molar-refractivity contribution is 5.20. The third-order valence-electron chi connectivity index (χ3n) is 2.37. The lowest BCUT2D eigenvalue weighted by atomic mass is 9.98. The van der Waals surface area contributed by atoms with Crippen LogP contribution in [0.2, 0.25) is 0 Å². The fourth-order valence-electron chi connectivity index (χ4n) is 1.47. The van der Waals surface area contributed by atoms with E-state index in [0.29, 0.717) is 11.5 Å². The molecule has 0 spiro atoms. The van der Waals surface area contributed by atoms with Gasteiger partial charge in [-0.05, 0) is 36.5 Å². The maximum absolute atomic E-state index is 12.9. The van der Waals surface area contributed by atoms with Gasteiger partial charge in [0.25, 0.3) is 0 Å². The molecule has 0 aliphatic rings. The van der Waals surface area contributed by atoms with Gasteiger partial charge in [-0.3, -0.25) is 0 Å². The van der Waals surface area contributed by atoms with Crippen LogP contribution in [0.4, 0.5) is 8.78 Å². The lowest BCUT2D eigenvalue weighted by Gasteiger charge is -2.13. The Morgan fingerprint density at radius 3 is 2.07 bits per heavy atom. The second-order valence-corrected chi connectivity index (χ2v) is 4.28. The zero-order chi connectivity index (χ0) is 11.4. The van der Waals surface area contributed by atoms with Crippen LogP contribution in [-0.4, -0.2) is 0 Å². The van der Waals surface area contributed by atoms with Gasteiger partial charge in [0.1, 0.15) is 11.6 Å². The van der Waals surface area contributed by atoms with Crippen LogP contribution in [0.3, 0.4) is 0 Å². The predicted molar refractivity (Wildman–Crippen MR) is 57.4 cm³/mol. The van der Waals surface area contributed by atoms with Gasteiger partial charge in [-0.15, -0.1) is 0 Å². The Morgan fingerprint density at radius 2 is 1.60 bits per heavy atom. The molecule has 1 rings (SSSR count). The molecule has 0 saturated carbocycles. The van der Waals surface area contributed by atoms with Crippen LogP contribution in [0.1, 0.15) is 38.3 Å². The van der Waals surface area contributed by atoms with Crippen molar-refractivity contribution in [1.29, 1.82) is 0 Å². The van der Waals surface area contributed by atoms with E-state index < -0.39 is 11.6 Å². The van der Waals surface area contributed by atoms with Gasteiger partial charge in [-0.2, -0.15) is 0 Å². The van der Waals surface area contributed by atoms with Crippen LogP contribution >= 0.6 is 0 Å². The molecule has 2 N–H and O–H groups in total. The second kappa shape index (κ2) is 5.21. The van der Waals surface area contributed by atoms with Gasteiger partial charge in [-0.1, -0.05) is 13.8 Å². The standard InChI is InChI=1S/C12H17F2N/c1-8(2)3-4-12(15)9-5-10(13)7-11(14)6-9/h5-8,12H,3-4,15H2,1-2H3/t12-/m1/s1. The number of benzene rings is 1. The summed E-state index contributed by atoms with van der Waals surface area (Å²) in [6.45, 7) is 4.19. The Hall–Kier alpha value is -0.960. The van der Waals surface area contributed by atoms with Crippen molar-refractivity contribution in [2.75, 3.05) is 0 Å². The average Bonchev–Trinajstić information content (AvgIpc) is 2.12. The first kappa shape index (κ1) is 12.1. The van der Waals surface area contributed by atoms with Crippen molar-refractivity contribution < 1.29 is 8.78 Å². The summed E-state index contributed by atoms with van der Waals surface area (Å²) >= 11 is 0. The minimum Gasteiger partial charge on any atom is -0.324 e. The van der Waals surface area contributed by atoms with Crippen LogP contribution in [0.5, 0.6) is 0 Å². The van der Waals surface area contributed by atoms with Crippen LogP contribution in [0.15, 0.2) is 18.2 Å². The summed E-state index contributed by atoms with van der Waals surface area (Å²) in [6.07, 6.45) is 1.71. The van der Waals surface area contributed by atoms with E-state index >= 15 is 0 Å². The van der Waals surface area contributed by atoms with Crippen molar-refractivity contribution in [3.05, 3.63) is 35.4 Å². The minimum absolute atomic E-state index is 0.280. The van der Waals surface area contributed by atoms with E-state index in [1.54, 1.807) is 0 Å². The first-order valence-electron chi connectivity index (χ1n) is 5.20. The van der Waals surface area contributed by atoms with Gasteiger partial charge in [0, 0.05) is 12.1 Å². The highest BCUT2D eigenvalue weighted by Crippen LogP contribution is 2.20. The van der Waals surface area contributed by atoms with Crippen molar-refractivity contribution in [3.63, 3.8) is 0 Å². The summed E-state index contributed by atoms with van der Waals surface area (Å²) in [5, 5.41) is 0. The van der Waals surface area contributed by atoms with Gasteiger partial charge < -0.3 is 5.73 Å². The lowest BCUT2D eigenvalue weighted by Crippen LogP contribution is -2.11. The number of rotatable bonds is 4. The van der Waals surface area contributed by atoms with E-state index in [4.69, 9.17) is 5.73 Å². The van der Waals surface area contributed by atoms with E-state index in [9.17, 15) is 8.78 Å². The molecule has 0 amide bonds. The largest absolute Gasteiger partial charge is 0.324 e. The molecule has 1 atom stereocenters. The molecular weight excluding hydrogens is 196 g/mol. The molecule has 1 aromatic rings. The van der Waals surface area contributed by atoms with Gasteiger partial charge in [0.15, 0.2) is 0 Å². The molecule has 0 unspecified atom stereocenters. The Balaban J connectivity index is 2.68. The van der Waals surface area contributed by atoms with Crippen LogP contribution < -0.4 is 5.73 Å². The molecule has 0 radical (unpaired) electrons. The van der Waals surface area contributed by atoms with Crippen molar-refractivity contribution in [2.45, 2.75) is 32.7 Å². The second-order valence-electron chi connectivity index (χ2n) is 4.28. The molecule has 0 bridgehead atoms. The molecule has 0 fully saturated rings. The quantitative estimate of drug-likeness (QED) is 0.815. The van der Waals surface area contributed by atoms with Gasteiger partial charge in [-0.25, -0.2) is 8.78 Å². The Bertz CT molecular complexity index is 303. The normalized spacial score (nSPS) is 13.2. The van der Waals surface area contributed by atoms with E-state index in [0.717, 1.165) is 18.9 Å². The van der Waals surface area contributed by atoms with Gasteiger partial charge >= 0.3 is 0 Å². The molecule has 0 saturated heterocycles. The zero-order valence-electron chi connectivity index (χ0n) is 9.13. The summed E-state index contributed by atoms with van der Waals surface area (Å²) in [5.74, 6) is -0.579. The topological polar surface area (TPSA) is 26.0 Å². The number of nitrogens with two attached hydrogens (primary N) is 1. The van der Waals surface area contributed by atoms with E-state index in [1.807, 2.05) is 0 Å². The first-order valence-corrected chi connectivity index (χ1v) is 5.20. The molecule has 3 heteroatoms. The van der Waals surface area contributed by atoms with Crippen molar-refractivity contribution in [2.24, 2.45) is 11.7 Å². The molecule has 0 aliphatic carbocycles. The zero-order valence-corrected chi connectivity index (χ0v) is 9.13. The third-order valence-corrected chi connectivity index (χ3v) is 2.37. The van der Waals surface area contributed by atoms with Crippen LogP contribution in [0, 0.1) is 17.6 Å². The Morgan fingerprint density at radius 1 is 1.07 bits per heavy atom. The molecular formula is C12H17F2N. The average molecular weight is 213 g/mol. The summed E-state index contributed by atoms with van der Waals surface area (Å²) < 4.78 is 25.8. The van der Waals surface area contributed by atoms with E-state index in [1.165, 1.54) is 12.1 Å². The molecule has 1 aromatic carbocycles. The maximum atomic E-state index is 12.9. The smallest absolute Gasteiger partial charge is 0.126 e.